The molecule has 0 saturated carbocycles. The summed E-state index contributed by atoms with van der Waals surface area (Å²) in [4.78, 5) is 0. The van der Waals surface area contributed by atoms with Gasteiger partial charge in [-0.15, -0.1) is 10.2 Å². The molecule has 0 aliphatic heterocycles. The van der Waals surface area contributed by atoms with Crippen LogP contribution in [-0.2, 0) is 6.61 Å². The SMILES string of the molecule is Cc1cccc(Oc2ccc(CO)nn2)c1. The molecule has 1 aromatic carbocycles. The van der Waals surface area contributed by atoms with Crippen LogP contribution in [-0.4, -0.2) is 15.3 Å². The monoisotopic (exact) mass is 216 g/mol. The molecule has 2 aromatic rings. The molecule has 0 bridgehead atoms. The van der Waals surface area contributed by atoms with Gasteiger partial charge in [-0.25, -0.2) is 0 Å². The van der Waals surface area contributed by atoms with Crippen LogP contribution < -0.4 is 4.74 Å². The van der Waals surface area contributed by atoms with Crippen LogP contribution in [0.15, 0.2) is 36.4 Å². The van der Waals surface area contributed by atoms with Gasteiger partial charge in [-0.1, -0.05) is 12.1 Å². The van der Waals surface area contributed by atoms with Crippen molar-refractivity contribution in [3.05, 3.63) is 47.7 Å². The van der Waals surface area contributed by atoms with Crippen LogP contribution >= 0.6 is 0 Å². The smallest absolute Gasteiger partial charge is 0.238 e. The van der Waals surface area contributed by atoms with E-state index in [1.165, 1.54) is 0 Å². The molecule has 0 spiro atoms. The minimum Gasteiger partial charge on any atom is -0.438 e. The third-order valence-electron chi connectivity index (χ3n) is 2.07. The molecule has 0 unspecified atom stereocenters. The van der Waals surface area contributed by atoms with E-state index in [1.807, 2.05) is 31.2 Å². The lowest BCUT2D eigenvalue weighted by molar-refractivity contribution is 0.274. The molecule has 1 N–H and O–H groups in total. The predicted octanol–water partition coefficient (Wildman–Crippen LogP) is 2.07. The van der Waals surface area contributed by atoms with E-state index >= 15 is 0 Å². The summed E-state index contributed by atoms with van der Waals surface area (Å²) in [6.07, 6.45) is 0. The first-order chi connectivity index (χ1) is 7.78. The third-order valence-corrected chi connectivity index (χ3v) is 2.07. The highest BCUT2D eigenvalue weighted by Gasteiger charge is 2.00. The van der Waals surface area contributed by atoms with E-state index in [-0.39, 0.29) is 6.61 Å². The number of benzene rings is 1. The predicted molar refractivity (Wildman–Crippen MR) is 59.2 cm³/mol. The first-order valence-corrected chi connectivity index (χ1v) is 4.96. The first-order valence-electron chi connectivity index (χ1n) is 4.96. The van der Waals surface area contributed by atoms with Crippen LogP contribution in [0.3, 0.4) is 0 Å². The van der Waals surface area contributed by atoms with Crippen molar-refractivity contribution in [1.82, 2.24) is 10.2 Å². The summed E-state index contributed by atoms with van der Waals surface area (Å²) in [5.41, 5.74) is 1.65. The molecule has 2 rings (SSSR count). The molecule has 0 aliphatic carbocycles. The van der Waals surface area contributed by atoms with Gasteiger partial charge >= 0.3 is 0 Å². The Bertz CT molecular complexity index is 469. The van der Waals surface area contributed by atoms with Gasteiger partial charge in [-0.2, -0.15) is 0 Å². The van der Waals surface area contributed by atoms with Crippen LogP contribution in [0.5, 0.6) is 11.6 Å². The molecule has 4 nitrogen and oxygen atoms in total. The number of aryl methyl sites for hydroxylation is 1. The van der Waals surface area contributed by atoms with E-state index < -0.39 is 0 Å². The zero-order valence-corrected chi connectivity index (χ0v) is 8.92. The second kappa shape index (κ2) is 4.72. The Morgan fingerprint density at radius 1 is 1.19 bits per heavy atom. The van der Waals surface area contributed by atoms with Gasteiger partial charge in [-0.3, -0.25) is 0 Å². The molecule has 4 heteroatoms. The number of ether oxygens (including phenoxy) is 1. The number of aliphatic hydroxyl groups is 1. The lowest BCUT2D eigenvalue weighted by Crippen LogP contribution is -1.94. The largest absolute Gasteiger partial charge is 0.438 e. The van der Waals surface area contributed by atoms with Gasteiger partial charge in [0.15, 0.2) is 0 Å². The maximum atomic E-state index is 8.81. The Balaban J connectivity index is 2.14. The van der Waals surface area contributed by atoms with Crippen LogP contribution in [0.25, 0.3) is 0 Å². The summed E-state index contributed by atoms with van der Waals surface area (Å²) >= 11 is 0. The first kappa shape index (κ1) is 10.6. The van der Waals surface area contributed by atoms with Crippen LogP contribution in [0.4, 0.5) is 0 Å². The number of nitrogens with zero attached hydrogens (tertiary/aromatic N) is 2. The fourth-order valence-corrected chi connectivity index (χ4v) is 1.29. The molecule has 1 heterocycles. The van der Waals surface area contributed by atoms with Gasteiger partial charge in [0.2, 0.25) is 5.88 Å². The van der Waals surface area contributed by atoms with Gasteiger partial charge < -0.3 is 9.84 Å². The summed E-state index contributed by atoms with van der Waals surface area (Å²) in [6, 6.07) is 11.0. The lowest BCUT2D eigenvalue weighted by Gasteiger charge is -2.04. The molecule has 0 fully saturated rings. The second-order valence-corrected chi connectivity index (χ2v) is 3.44. The second-order valence-electron chi connectivity index (χ2n) is 3.44. The van der Waals surface area contributed by atoms with Crippen molar-refractivity contribution >= 4 is 0 Å². The molecule has 1 aromatic heterocycles. The van der Waals surface area contributed by atoms with Gasteiger partial charge in [0.1, 0.15) is 5.75 Å². The maximum Gasteiger partial charge on any atom is 0.238 e. The van der Waals surface area contributed by atoms with E-state index in [0.717, 1.165) is 11.3 Å². The van der Waals surface area contributed by atoms with Crippen molar-refractivity contribution in [3.63, 3.8) is 0 Å². The molecule has 0 atom stereocenters. The van der Waals surface area contributed by atoms with Crippen molar-refractivity contribution in [2.75, 3.05) is 0 Å². The van der Waals surface area contributed by atoms with Crippen molar-refractivity contribution in [2.45, 2.75) is 13.5 Å². The Kier molecular flexibility index (Phi) is 3.12. The zero-order valence-electron chi connectivity index (χ0n) is 8.92. The van der Waals surface area contributed by atoms with E-state index in [0.29, 0.717) is 11.6 Å². The zero-order chi connectivity index (χ0) is 11.4. The van der Waals surface area contributed by atoms with Crippen LogP contribution in [0.2, 0.25) is 0 Å². The molecule has 16 heavy (non-hydrogen) atoms. The van der Waals surface area contributed by atoms with Crippen molar-refractivity contribution in [1.29, 1.82) is 0 Å². The number of hydrogen-bond donors (Lipinski definition) is 1. The Labute approximate surface area is 93.5 Å². The average Bonchev–Trinajstić information content (AvgIpc) is 2.30. The highest BCUT2D eigenvalue weighted by molar-refractivity contribution is 5.30. The van der Waals surface area contributed by atoms with Crippen LogP contribution in [0, 0.1) is 6.92 Å². The molecule has 0 aliphatic rings. The van der Waals surface area contributed by atoms with Crippen molar-refractivity contribution < 1.29 is 9.84 Å². The molecular weight excluding hydrogens is 204 g/mol. The highest BCUT2D eigenvalue weighted by atomic mass is 16.5. The highest BCUT2D eigenvalue weighted by Crippen LogP contribution is 2.19. The summed E-state index contributed by atoms with van der Waals surface area (Å²) < 4.78 is 5.50. The van der Waals surface area contributed by atoms with Crippen molar-refractivity contribution in [3.8, 4) is 11.6 Å². The van der Waals surface area contributed by atoms with E-state index in [2.05, 4.69) is 10.2 Å². The van der Waals surface area contributed by atoms with E-state index in [9.17, 15) is 0 Å². The molecule has 0 radical (unpaired) electrons. The summed E-state index contributed by atoms with van der Waals surface area (Å²) in [5, 5.41) is 16.4. The molecule has 0 amide bonds. The Morgan fingerprint density at radius 2 is 2.06 bits per heavy atom. The summed E-state index contributed by atoms with van der Waals surface area (Å²) in [5.74, 6) is 1.15. The topological polar surface area (TPSA) is 55.2 Å². The van der Waals surface area contributed by atoms with Gasteiger partial charge in [0, 0.05) is 6.07 Å². The normalized spacial score (nSPS) is 10.1. The van der Waals surface area contributed by atoms with E-state index in [4.69, 9.17) is 9.84 Å². The van der Waals surface area contributed by atoms with Gasteiger partial charge in [0.05, 0.1) is 12.3 Å². The fourth-order valence-electron chi connectivity index (χ4n) is 1.29. The van der Waals surface area contributed by atoms with Gasteiger partial charge in [0.25, 0.3) is 0 Å². The number of rotatable bonds is 3. The van der Waals surface area contributed by atoms with Gasteiger partial charge in [-0.05, 0) is 30.7 Å². The minimum atomic E-state index is -0.113. The Morgan fingerprint density at radius 3 is 2.69 bits per heavy atom. The fraction of sp³-hybridized carbons (Fsp3) is 0.167. The molecule has 0 saturated heterocycles. The lowest BCUT2D eigenvalue weighted by atomic mass is 10.2. The van der Waals surface area contributed by atoms with Crippen molar-refractivity contribution in [2.24, 2.45) is 0 Å². The standard InChI is InChI=1S/C12H12N2O2/c1-9-3-2-4-11(7-9)16-12-6-5-10(8-15)13-14-12/h2-7,15H,8H2,1H3. The molecule has 82 valence electrons. The summed E-state index contributed by atoms with van der Waals surface area (Å²) in [7, 11) is 0. The number of hydrogen-bond acceptors (Lipinski definition) is 4. The van der Waals surface area contributed by atoms with E-state index in [1.54, 1.807) is 12.1 Å². The average molecular weight is 216 g/mol. The molecular formula is C12H12N2O2. The Hall–Kier alpha value is -1.94. The van der Waals surface area contributed by atoms with Crippen LogP contribution in [0.1, 0.15) is 11.3 Å². The maximum absolute atomic E-state index is 8.81. The number of aromatic nitrogens is 2. The quantitative estimate of drug-likeness (QED) is 0.853. The number of aliphatic hydroxyl groups excluding tert-OH is 1. The minimum absolute atomic E-state index is 0.113. The third kappa shape index (κ3) is 2.55. The summed E-state index contributed by atoms with van der Waals surface area (Å²) in [6.45, 7) is 1.88.